The molecule has 0 aliphatic carbocycles. The van der Waals surface area contributed by atoms with Crippen molar-refractivity contribution in [1.29, 1.82) is 0 Å². The number of hydrogen-bond acceptors (Lipinski definition) is 3. The Hall–Kier alpha value is -1.36. The summed E-state index contributed by atoms with van der Waals surface area (Å²) in [5.74, 6) is 0. The summed E-state index contributed by atoms with van der Waals surface area (Å²) in [6, 6.07) is 0. The zero-order valence-electron chi connectivity index (χ0n) is 6.59. The van der Waals surface area contributed by atoms with E-state index in [-0.39, 0.29) is 12.8 Å². The van der Waals surface area contributed by atoms with Crippen LogP contribution in [0.25, 0.3) is 0 Å². The predicted octanol–water partition coefficient (Wildman–Crippen LogP) is -0.239. The zero-order valence-corrected chi connectivity index (χ0v) is 7.35. The smallest absolute Gasteiger partial charge is 0.314 e. The molecule has 1 aromatic heterocycles. The Morgan fingerprint density at radius 2 is 2.15 bits per heavy atom. The van der Waals surface area contributed by atoms with Crippen molar-refractivity contribution in [2.75, 3.05) is 0 Å². The summed E-state index contributed by atoms with van der Waals surface area (Å²) >= 11 is 5.09. The lowest BCUT2D eigenvalue weighted by Crippen LogP contribution is -2.24. The monoisotopic (exact) mass is 202 g/mol. The number of nitrogens with one attached hydrogen (secondary N) is 2. The molecule has 0 aromatic carbocycles. The minimum Gasteiger partial charge on any atom is -0.314 e. The van der Waals surface area contributed by atoms with E-state index in [1.165, 1.54) is 6.20 Å². The van der Waals surface area contributed by atoms with Gasteiger partial charge >= 0.3 is 5.69 Å². The van der Waals surface area contributed by atoms with Gasteiger partial charge in [0.2, 0.25) is 5.24 Å². The number of aromatic nitrogens is 2. The summed E-state index contributed by atoms with van der Waals surface area (Å²) in [6.45, 7) is 0. The van der Waals surface area contributed by atoms with Gasteiger partial charge in [0.15, 0.2) is 0 Å². The molecule has 0 atom stereocenters. The van der Waals surface area contributed by atoms with Gasteiger partial charge in [-0.2, -0.15) is 0 Å². The fourth-order valence-corrected chi connectivity index (χ4v) is 0.951. The molecule has 6 heteroatoms. The van der Waals surface area contributed by atoms with E-state index in [9.17, 15) is 14.4 Å². The van der Waals surface area contributed by atoms with Crippen LogP contribution in [0.4, 0.5) is 0 Å². The molecule has 0 aliphatic heterocycles. The lowest BCUT2D eigenvalue weighted by atomic mass is 10.2. The van der Waals surface area contributed by atoms with Crippen molar-refractivity contribution in [1.82, 2.24) is 9.97 Å². The van der Waals surface area contributed by atoms with E-state index in [4.69, 9.17) is 11.6 Å². The first-order chi connectivity index (χ1) is 6.09. The Bertz CT molecular complexity index is 420. The van der Waals surface area contributed by atoms with Crippen molar-refractivity contribution >= 4 is 16.8 Å². The Kier molecular flexibility index (Phi) is 3.02. The van der Waals surface area contributed by atoms with Gasteiger partial charge in [-0.3, -0.25) is 14.6 Å². The second-order valence-electron chi connectivity index (χ2n) is 2.45. The molecule has 70 valence electrons. The number of carbonyl (C=O) groups excluding carboxylic acids is 1. The molecule has 0 radical (unpaired) electrons. The molecule has 0 amide bonds. The lowest BCUT2D eigenvalue weighted by Gasteiger charge is -1.94. The number of aromatic amines is 2. The number of aryl methyl sites for hydroxylation is 1. The SMILES string of the molecule is O=C(Cl)CCc1c[nH]c(=O)[nH]c1=O. The molecular formula is C7H7ClN2O3. The maximum atomic E-state index is 11.0. The van der Waals surface area contributed by atoms with Crippen LogP contribution in [0.1, 0.15) is 12.0 Å². The minimum absolute atomic E-state index is 0.0800. The number of H-pyrrole nitrogens is 2. The molecule has 2 N–H and O–H groups in total. The highest BCUT2D eigenvalue weighted by molar-refractivity contribution is 6.63. The minimum atomic E-state index is -0.564. The topological polar surface area (TPSA) is 82.8 Å². The quantitative estimate of drug-likeness (QED) is 0.664. The molecule has 0 bridgehead atoms. The average Bonchev–Trinajstić information content (AvgIpc) is 2.02. The van der Waals surface area contributed by atoms with Crippen LogP contribution in [0.2, 0.25) is 0 Å². The van der Waals surface area contributed by atoms with Gasteiger partial charge in [0.25, 0.3) is 5.56 Å². The van der Waals surface area contributed by atoms with Crippen molar-refractivity contribution < 1.29 is 4.79 Å². The van der Waals surface area contributed by atoms with Crippen LogP contribution < -0.4 is 11.2 Å². The standard InChI is InChI=1S/C7H7ClN2O3/c8-5(11)2-1-4-3-9-7(13)10-6(4)12/h3H,1-2H2,(H2,9,10,12,13). The van der Waals surface area contributed by atoms with Crippen molar-refractivity contribution in [3.05, 3.63) is 32.6 Å². The Morgan fingerprint density at radius 3 is 2.69 bits per heavy atom. The maximum absolute atomic E-state index is 11.0. The fraction of sp³-hybridized carbons (Fsp3) is 0.286. The van der Waals surface area contributed by atoms with Crippen molar-refractivity contribution in [2.24, 2.45) is 0 Å². The molecule has 1 rings (SSSR count). The van der Waals surface area contributed by atoms with Gasteiger partial charge in [-0.25, -0.2) is 4.79 Å². The molecule has 0 saturated carbocycles. The summed E-state index contributed by atoms with van der Waals surface area (Å²) < 4.78 is 0. The number of carbonyl (C=O) groups is 1. The second kappa shape index (κ2) is 4.04. The zero-order chi connectivity index (χ0) is 9.84. The van der Waals surface area contributed by atoms with Crippen LogP contribution in [0.15, 0.2) is 15.8 Å². The maximum Gasteiger partial charge on any atom is 0.325 e. The van der Waals surface area contributed by atoms with Gasteiger partial charge in [0.05, 0.1) is 0 Å². The normalized spacial score (nSPS) is 9.92. The van der Waals surface area contributed by atoms with Crippen molar-refractivity contribution in [2.45, 2.75) is 12.8 Å². The summed E-state index contributed by atoms with van der Waals surface area (Å²) in [6.07, 6.45) is 1.59. The first kappa shape index (κ1) is 9.73. The summed E-state index contributed by atoms with van der Waals surface area (Å²) in [7, 11) is 0. The van der Waals surface area contributed by atoms with E-state index < -0.39 is 16.5 Å². The van der Waals surface area contributed by atoms with Crippen molar-refractivity contribution in [3.8, 4) is 0 Å². The van der Waals surface area contributed by atoms with Crippen LogP contribution >= 0.6 is 11.6 Å². The number of hydrogen-bond donors (Lipinski definition) is 2. The van der Waals surface area contributed by atoms with E-state index in [0.717, 1.165) is 0 Å². The third kappa shape index (κ3) is 2.87. The Balaban J connectivity index is 2.84. The van der Waals surface area contributed by atoms with E-state index in [1.54, 1.807) is 0 Å². The first-order valence-electron chi connectivity index (χ1n) is 3.59. The summed E-state index contributed by atoms with van der Waals surface area (Å²) in [5.41, 5.74) is -0.707. The predicted molar refractivity (Wildman–Crippen MR) is 46.9 cm³/mol. The molecule has 0 aliphatic rings. The third-order valence-corrected chi connectivity index (χ3v) is 1.68. The van der Waals surface area contributed by atoms with Gasteiger partial charge in [0, 0.05) is 18.2 Å². The van der Waals surface area contributed by atoms with Crippen LogP contribution in [-0.4, -0.2) is 15.2 Å². The second-order valence-corrected chi connectivity index (χ2v) is 2.87. The van der Waals surface area contributed by atoms with Gasteiger partial charge in [-0.1, -0.05) is 0 Å². The summed E-state index contributed by atoms with van der Waals surface area (Å²) in [4.78, 5) is 36.3. The molecule has 0 fully saturated rings. The molecule has 1 heterocycles. The molecule has 0 unspecified atom stereocenters. The number of halogens is 1. The van der Waals surface area contributed by atoms with E-state index >= 15 is 0 Å². The molecule has 5 nitrogen and oxygen atoms in total. The number of rotatable bonds is 3. The first-order valence-corrected chi connectivity index (χ1v) is 3.96. The lowest BCUT2D eigenvalue weighted by molar-refractivity contribution is -0.111. The van der Waals surface area contributed by atoms with Gasteiger partial charge in [0.1, 0.15) is 0 Å². The molecule has 0 spiro atoms. The fourth-order valence-electron chi connectivity index (χ4n) is 0.856. The molecule has 13 heavy (non-hydrogen) atoms. The van der Waals surface area contributed by atoms with Crippen LogP contribution in [0, 0.1) is 0 Å². The van der Waals surface area contributed by atoms with Gasteiger partial charge in [-0.05, 0) is 18.0 Å². The highest BCUT2D eigenvalue weighted by Crippen LogP contribution is 1.96. The largest absolute Gasteiger partial charge is 0.325 e. The summed E-state index contributed by atoms with van der Waals surface area (Å²) in [5, 5.41) is -0.509. The Labute approximate surface area is 77.8 Å². The Morgan fingerprint density at radius 1 is 1.46 bits per heavy atom. The van der Waals surface area contributed by atoms with E-state index in [2.05, 4.69) is 4.98 Å². The van der Waals surface area contributed by atoms with Crippen LogP contribution in [-0.2, 0) is 11.2 Å². The third-order valence-electron chi connectivity index (χ3n) is 1.49. The van der Waals surface area contributed by atoms with Crippen LogP contribution in [0.3, 0.4) is 0 Å². The molecule has 1 aromatic rings. The van der Waals surface area contributed by atoms with Crippen LogP contribution in [0.5, 0.6) is 0 Å². The highest BCUT2D eigenvalue weighted by atomic mass is 35.5. The molecule has 0 saturated heterocycles. The highest BCUT2D eigenvalue weighted by Gasteiger charge is 2.02. The van der Waals surface area contributed by atoms with E-state index in [0.29, 0.717) is 5.56 Å². The van der Waals surface area contributed by atoms with Crippen molar-refractivity contribution in [3.63, 3.8) is 0 Å². The molecular weight excluding hydrogens is 196 g/mol. The van der Waals surface area contributed by atoms with Gasteiger partial charge < -0.3 is 4.98 Å². The van der Waals surface area contributed by atoms with E-state index in [1.807, 2.05) is 4.98 Å². The van der Waals surface area contributed by atoms with Gasteiger partial charge in [-0.15, -0.1) is 0 Å². The average molecular weight is 203 g/mol.